The molecule has 0 aliphatic carbocycles. The fraction of sp³-hybridized carbons (Fsp3) is 0.300. The third-order valence-corrected chi connectivity index (χ3v) is 3.27. The topological polar surface area (TPSA) is 83.5 Å². The van der Waals surface area contributed by atoms with Gasteiger partial charge in [-0.05, 0) is 37.1 Å². The molecule has 2 N–H and O–H groups in total. The summed E-state index contributed by atoms with van der Waals surface area (Å²) in [6.45, 7) is 3.76. The molecule has 0 fully saturated rings. The minimum Gasteiger partial charge on any atom is -0.480 e. The number of aryl methyl sites for hydroxylation is 2. The van der Waals surface area contributed by atoms with Crippen LogP contribution < -0.4 is 4.72 Å². The second-order valence-corrected chi connectivity index (χ2v) is 5.28. The van der Waals surface area contributed by atoms with Crippen LogP contribution >= 0.6 is 0 Å². The zero-order chi connectivity index (χ0) is 12.3. The number of carboxylic acids is 1. The lowest BCUT2D eigenvalue weighted by atomic mass is 10.1. The normalized spacial score (nSPS) is 11.1. The highest BCUT2D eigenvalue weighted by atomic mass is 32.2. The van der Waals surface area contributed by atoms with Crippen molar-refractivity contribution in [2.75, 3.05) is 10.5 Å². The molecule has 0 saturated heterocycles. The van der Waals surface area contributed by atoms with Crippen molar-refractivity contribution in [2.45, 2.75) is 13.8 Å². The summed E-state index contributed by atoms with van der Waals surface area (Å²) in [5, 5.41) is 8.41. The molecule has 0 bridgehead atoms. The Bertz CT molecular complexity index is 508. The van der Waals surface area contributed by atoms with Gasteiger partial charge in [0.25, 0.3) is 0 Å². The first-order valence-electron chi connectivity index (χ1n) is 4.60. The van der Waals surface area contributed by atoms with E-state index in [4.69, 9.17) is 5.11 Å². The predicted molar refractivity (Wildman–Crippen MR) is 61.0 cm³/mol. The van der Waals surface area contributed by atoms with Crippen LogP contribution in [0.4, 0.5) is 5.69 Å². The number of aliphatic carboxylic acids is 1. The molecule has 0 heterocycles. The van der Waals surface area contributed by atoms with Gasteiger partial charge in [0.2, 0.25) is 10.0 Å². The highest BCUT2D eigenvalue weighted by Crippen LogP contribution is 2.15. The number of hydrogen-bond donors (Lipinski definition) is 2. The van der Waals surface area contributed by atoms with E-state index in [-0.39, 0.29) is 0 Å². The minimum atomic E-state index is -3.81. The Kier molecular flexibility index (Phi) is 3.54. The number of carbonyl (C=O) groups is 1. The first-order chi connectivity index (χ1) is 7.30. The molecule has 0 spiro atoms. The molecular formula is C10H13NO4S. The van der Waals surface area contributed by atoms with Crippen LogP contribution in [0.15, 0.2) is 18.2 Å². The first kappa shape index (κ1) is 12.5. The third-order valence-electron chi connectivity index (χ3n) is 2.09. The van der Waals surface area contributed by atoms with E-state index in [1.807, 2.05) is 13.8 Å². The van der Waals surface area contributed by atoms with Crippen LogP contribution in [-0.4, -0.2) is 25.2 Å². The van der Waals surface area contributed by atoms with Crippen molar-refractivity contribution >= 4 is 21.7 Å². The third kappa shape index (κ3) is 3.54. The van der Waals surface area contributed by atoms with E-state index in [9.17, 15) is 13.2 Å². The Morgan fingerprint density at radius 2 is 1.94 bits per heavy atom. The Labute approximate surface area is 94.2 Å². The van der Waals surface area contributed by atoms with Gasteiger partial charge in [-0.25, -0.2) is 8.42 Å². The van der Waals surface area contributed by atoms with Gasteiger partial charge < -0.3 is 5.11 Å². The van der Waals surface area contributed by atoms with Crippen molar-refractivity contribution in [3.63, 3.8) is 0 Å². The van der Waals surface area contributed by atoms with Crippen molar-refractivity contribution in [3.8, 4) is 0 Å². The first-order valence-corrected chi connectivity index (χ1v) is 6.25. The molecule has 88 valence electrons. The second kappa shape index (κ2) is 4.52. The lowest BCUT2D eigenvalue weighted by Gasteiger charge is -2.08. The van der Waals surface area contributed by atoms with Crippen LogP contribution in [0.3, 0.4) is 0 Å². The minimum absolute atomic E-state index is 0.379. The maximum absolute atomic E-state index is 11.3. The van der Waals surface area contributed by atoms with Gasteiger partial charge in [-0.2, -0.15) is 0 Å². The highest BCUT2D eigenvalue weighted by molar-refractivity contribution is 7.93. The molecule has 0 radical (unpaired) electrons. The number of nitrogens with one attached hydrogen (secondary N) is 1. The zero-order valence-electron chi connectivity index (χ0n) is 9.02. The van der Waals surface area contributed by atoms with Gasteiger partial charge in [0.1, 0.15) is 0 Å². The van der Waals surface area contributed by atoms with Crippen LogP contribution in [0.2, 0.25) is 0 Å². The fourth-order valence-electron chi connectivity index (χ4n) is 1.18. The smallest absolute Gasteiger partial charge is 0.320 e. The number of anilines is 1. The van der Waals surface area contributed by atoms with Crippen molar-refractivity contribution in [2.24, 2.45) is 0 Å². The fourth-order valence-corrected chi connectivity index (χ4v) is 2.07. The molecule has 0 saturated carbocycles. The molecule has 1 aromatic rings. The van der Waals surface area contributed by atoms with Crippen molar-refractivity contribution < 1.29 is 18.3 Å². The van der Waals surface area contributed by atoms with Gasteiger partial charge in [0.05, 0.1) is 0 Å². The molecule has 1 rings (SSSR count). The van der Waals surface area contributed by atoms with Crippen LogP contribution in [0.1, 0.15) is 11.1 Å². The van der Waals surface area contributed by atoms with E-state index < -0.39 is 21.7 Å². The molecule has 0 amide bonds. The monoisotopic (exact) mass is 243 g/mol. The Hall–Kier alpha value is -1.56. The van der Waals surface area contributed by atoms with Crippen LogP contribution in [0.5, 0.6) is 0 Å². The molecule has 0 unspecified atom stereocenters. The largest absolute Gasteiger partial charge is 0.480 e. The van der Waals surface area contributed by atoms with Gasteiger partial charge in [-0.1, -0.05) is 6.07 Å². The standard InChI is InChI=1S/C10H13NO4S/c1-7-3-4-9(5-8(7)2)11-16(14,15)6-10(12)13/h3-5,11H,6H2,1-2H3,(H,12,13). The van der Waals surface area contributed by atoms with Crippen LogP contribution in [0, 0.1) is 13.8 Å². The molecule has 1 aromatic carbocycles. The molecule has 0 aromatic heterocycles. The summed E-state index contributed by atoms with van der Waals surface area (Å²) in [5.74, 6) is -2.31. The predicted octanol–water partition coefficient (Wildman–Crippen LogP) is 1.13. The molecule has 0 aliphatic heterocycles. The summed E-state index contributed by atoms with van der Waals surface area (Å²) in [7, 11) is -3.81. The number of carboxylic acid groups (broad SMARTS) is 1. The number of hydrogen-bond acceptors (Lipinski definition) is 3. The van der Waals surface area contributed by atoms with E-state index in [1.165, 1.54) is 0 Å². The average Bonchev–Trinajstić information content (AvgIpc) is 2.08. The number of benzene rings is 1. The van der Waals surface area contributed by atoms with Gasteiger partial charge in [-0.3, -0.25) is 9.52 Å². The molecule has 6 heteroatoms. The van der Waals surface area contributed by atoms with E-state index in [0.717, 1.165) is 11.1 Å². The van der Waals surface area contributed by atoms with Gasteiger partial charge in [0, 0.05) is 5.69 Å². The Morgan fingerprint density at radius 1 is 1.31 bits per heavy atom. The summed E-state index contributed by atoms with van der Waals surface area (Å²) in [4.78, 5) is 10.3. The second-order valence-electron chi connectivity index (χ2n) is 3.55. The molecule has 0 aliphatic rings. The zero-order valence-corrected chi connectivity index (χ0v) is 9.84. The molecule has 16 heavy (non-hydrogen) atoms. The van der Waals surface area contributed by atoms with Crippen molar-refractivity contribution in [1.29, 1.82) is 0 Å². The molecule has 5 nitrogen and oxygen atoms in total. The quantitative estimate of drug-likeness (QED) is 0.830. The van der Waals surface area contributed by atoms with E-state index >= 15 is 0 Å². The highest BCUT2D eigenvalue weighted by Gasteiger charge is 2.15. The SMILES string of the molecule is Cc1ccc(NS(=O)(=O)CC(=O)O)cc1C. The summed E-state index contributed by atoms with van der Waals surface area (Å²) in [6.07, 6.45) is 0. The summed E-state index contributed by atoms with van der Waals surface area (Å²) in [6, 6.07) is 5.03. The van der Waals surface area contributed by atoms with Crippen molar-refractivity contribution in [1.82, 2.24) is 0 Å². The lowest BCUT2D eigenvalue weighted by Crippen LogP contribution is -2.22. The number of sulfonamides is 1. The van der Waals surface area contributed by atoms with E-state index in [2.05, 4.69) is 4.72 Å². The molecular weight excluding hydrogens is 230 g/mol. The summed E-state index contributed by atoms with van der Waals surface area (Å²) >= 11 is 0. The van der Waals surface area contributed by atoms with Crippen molar-refractivity contribution in [3.05, 3.63) is 29.3 Å². The Morgan fingerprint density at radius 3 is 2.44 bits per heavy atom. The number of rotatable bonds is 4. The van der Waals surface area contributed by atoms with Gasteiger partial charge in [-0.15, -0.1) is 0 Å². The van der Waals surface area contributed by atoms with Gasteiger partial charge in [0.15, 0.2) is 5.75 Å². The maximum Gasteiger partial charge on any atom is 0.320 e. The van der Waals surface area contributed by atoms with Crippen LogP contribution in [-0.2, 0) is 14.8 Å². The summed E-state index contributed by atoms with van der Waals surface area (Å²) in [5.41, 5.74) is 2.36. The average molecular weight is 243 g/mol. The van der Waals surface area contributed by atoms with Crippen LogP contribution in [0.25, 0.3) is 0 Å². The maximum atomic E-state index is 11.3. The Balaban J connectivity index is 2.88. The summed E-state index contributed by atoms with van der Waals surface area (Å²) < 4.78 is 24.8. The van der Waals surface area contributed by atoms with E-state index in [0.29, 0.717) is 5.69 Å². The molecule has 0 atom stereocenters. The van der Waals surface area contributed by atoms with Gasteiger partial charge >= 0.3 is 5.97 Å². The van der Waals surface area contributed by atoms with E-state index in [1.54, 1.807) is 18.2 Å². The lowest BCUT2D eigenvalue weighted by molar-refractivity contribution is -0.134.